The minimum atomic E-state index is -1.31. The van der Waals surface area contributed by atoms with Crippen LogP contribution in [0.15, 0.2) is 24.3 Å². The van der Waals surface area contributed by atoms with Crippen LogP contribution in [0.3, 0.4) is 0 Å². The molecule has 0 radical (unpaired) electrons. The lowest BCUT2D eigenvalue weighted by Crippen LogP contribution is -2.52. The van der Waals surface area contributed by atoms with Crippen LogP contribution in [-0.4, -0.2) is 54.0 Å². The number of amides is 4. The highest BCUT2D eigenvalue weighted by Crippen LogP contribution is 2.22. The number of hydrogen-bond acceptors (Lipinski definition) is 5. The third-order valence-electron chi connectivity index (χ3n) is 4.85. The van der Waals surface area contributed by atoms with E-state index in [4.69, 9.17) is 16.9 Å². The summed E-state index contributed by atoms with van der Waals surface area (Å²) in [5.74, 6) is 0.658. The Morgan fingerprint density at radius 1 is 1.15 bits per heavy atom. The topological polar surface area (TPSA) is 131 Å². The maximum absolute atomic E-state index is 13.3. The van der Waals surface area contributed by atoms with Crippen molar-refractivity contribution in [3.8, 4) is 12.3 Å². The number of hydrogen-bond donors (Lipinski definition) is 3. The number of primary amides is 1. The number of benzene rings is 1. The number of carbonyl (C=O) groups is 4. The van der Waals surface area contributed by atoms with Crippen LogP contribution in [0.1, 0.15) is 70.5 Å². The first kappa shape index (κ1) is 28.5. The van der Waals surface area contributed by atoms with Gasteiger partial charge in [-0.3, -0.25) is 14.4 Å². The van der Waals surface area contributed by atoms with Crippen LogP contribution in [0.5, 0.6) is 0 Å². The average Bonchev–Trinajstić information content (AvgIpc) is 2.74. The van der Waals surface area contributed by atoms with Crippen molar-refractivity contribution < 1.29 is 23.9 Å². The number of alkyl carbamates (subject to hydrolysis) is 1. The molecule has 0 aromatic heterocycles. The molecule has 0 aliphatic heterocycles. The molecule has 0 fully saturated rings. The van der Waals surface area contributed by atoms with Crippen LogP contribution in [0.25, 0.3) is 0 Å². The van der Waals surface area contributed by atoms with Gasteiger partial charge in [-0.05, 0) is 44.9 Å². The van der Waals surface area contributed by atoms with E-state index in [-0.39, 0.29) is 0 Å². The summed E-state index contributed by atoms with van der Waals surface area (Å²) in [6.07, 6.45) is 6.84. The monoisotopic (exact) mass is 472 g/mol. The molecule has 0 spiro atoms. The minimum Gasteiger partial charge on any atom is -0.444 e. The Kier molecular flexibility index (Phi) is 11.1. The summed E-state index contributed by atoms with van der Waals surface area (Å²) in [6, 6.07) is 4.35. The summed E-state index contributed by atoms with van der Waals surface area (Å²) in [6.45, 7) is 7.52. The Morgan fingerprint density at radius 2 is 1.76 bits per heavy atom. The zero-order valence-electron chi connectivity index (χ0n) is 20.6. The van der Waals surface area contributed by atoms with Crippen LogP contribution < -0.4 is 16.4 Å². The van der Waals surface area contributed by atoms with Crippen LogP contribution in [0.4, 0.5) is 4.79 Å². The van der Waals surface area contributed by atoms with Gasteiger partial charge in [-0.15, -0.1) is 6.42 Å². The number of ether oxygens (including phenoxy) is 1. The van der Waals surface area contributed by atoms with Crippen LogP contribution in [0.2, 0.25) is 0 Å². The maximum Gasteiger partial charge on any atom is 0.408 e. The highest BCUT2D eigenvalue weighted by Gasteiger charge is 2.34. The van der Waals surface area contributed by atoms with Crippen LogP contribution >= 0.6 is 0 Å². The van der Waals surface area contributed by atoms with E-state index in [1.807, 2.05) is 0 Å². The molecule has 34 heavy (non-hydrogen) atoms. The maximum atomic E-state index is 13.3. The largest absolute Gasteiger partial charge is 0.444 e. The number of likely N-dealkylation sites (N-methyl/N-ethyl adjacent to an activating group) is 1. The molecule has 0 saturated heterocycles. The summed E-state index contributed by atoms with van der Waals surface area (Å²) in [5, 5.41) is 5.25. The third-order valence-corrected chi connectivity index (χ3v) is 4.85. The van der Waals surface area contributed by atoms with E-state index >= 15 is 0 Å². The molecule has 2 atom stereocenters. The molecule has 0 heterocycles. The zero-order valence-corrected chi connectivity index (χ0v) is 20.6. The van der Waals surface area contributed by atoms with Crippen molar-refractivity contribution in [2.45, 2.75) is 71.1 Å². The first-order valence-electron chi connectivity index (χ1n) is 11.3. The second-order valence-electron chi connectivity index (χ2n) is 8.99. The summed E-state index contributed by atoms with van der Waals surface area (Å²) < 4.78 is 5.20. The van der Waals surface area contributed by atoms with Gasteiger partial charge in [0, 0.05) is 19.2 Å². The molecule has 4 N–H and O–H groups in total. The summed E-state index contributed by atoms with van der Waals surface area (Å²) in [7, 11) is 1.43. The SMILES string of the molecule is C#Cc1ccc(C(C(=O)NCCCCC)N(C)C(=O)C(CC(N)=O)NC(=O)OC(C)(C)C)cc1. The molecule has 9 nitrogen and oxygen atoms in total. The summed E-state index contributed by atoms with van der Waals surface area (Å²) in [4.78, 5) is 51.5. The fourth-order valence-corrected chi connectivity index (χ4v) is 3.22. The lowest BCUT2D eigenvalue weighted by Gasteiger charge is -2.31. The van der Waals surface area contributed by atoms with Gasteiger partial charge >= 0.3 is 6.09 Å². The second kappa shape index (κ2) is 13.2. The van der Waals surface area contributed by atoms with E-state index in [2.05, 4.69) is 23.5 Å². The Labute approximate surface area is 201 Å². The Bertz CT molecular complexity index is 899. The first-order valence-corrected chi connectivity index (χ1v) is 11.3. The van der Waals surface area contributed by atoms with Gasteiger partial charge in [-0.25, -0.2) is 4.79 Å². The number of unbranched alkanes of at least 4 members (excludes halogenated alkanes) is 2. The highest BCUT2D eigenvalue weighted by atomic mass is 16.6. The number of nitrogens with two attached hydrogens (primary N) is 1. The molecule has 186 valence electrons. The van der Waals surface area contributed by atoms with Crippen molar-refractivity contribution >= 4 is 23.8 Å². The van der Waals surface area contributed by atoms with E-state index in [0.29, 0.717) is 17.7 Å². The number of carbonyl (C=O) groups excluding carboxylic acids is 4. The molecule has 9 heteroatoms. The van der Waals surface area contributed by atoms with E-state index in [1.165, 1.54) is 11.9 Å². The smallest absolute Gasteiger partial charge is 0.408 e. The Morgan fingerprint density at radius 3 is 2.26 bits per heavy atom. The van der Waals surface area contributed by atoms with Gasteiger partial charge < -0.3 is 26.0 Å². The van der Waals surface area contributed by atoms with E-state index in [1.54, 1.807) is 45.0 Å². The number of terminal acetylenes is 1. The van der Waals surface area contributed by atoms with Gasteiger partial charge in [0.2, 0.25) is 17.7 Å². The normalized spacial score (nSPS) is 12.6. The first-order chi connectivity index (χ1) is 15.9. The predicted molar refractivity (Wildman–Crippen MR) is 129 cm³/mol. The number of nitrogens with one attached hydrogen (secondary N) is 2. The standard InChI is InChI=1S/C25H36N4O5/c1-7-9-10-15-27-22(31)21(18-13-11-17(8-2)12-14-18)29(6)23(32)19(16-20(26)30)28-24(33)34-25(3,4)5/h2,11-14,19,21H,7,9-10,15-16H2,1,3-6H3,(H2,26,30)(H,27,31)(H,28,33). The van der Waals surface area contributed by atoms with Crippen molar-refractivity contribution in [2.75, 3.05) is 13.6 Å². The number of nitrogens with zero attached hydrogens (tertiary/aromatic N) is 1. The molecule has 2 unspecified atom stereocenters. The summed E-state index contributed by atoms with van der Waals surface area (Å²) >= 11 is 0. The van der Waals surface area contributed by atoms with Crippen LogP contribution in [0, 0.1) is 12.3 Å². The van der Waals surface area contributed by atoms with Crippen molar-refractivity contribution in [1.29, 1.82) is 0 Å². The molecule has 1 aromatic rings. The van der Waals surface area contributed by atoms with Crippen molar-refractivity contribution in [3.05, 3.63) is 35.4 Å². The van der Waals surface area contributed by atoms with Gasteiger partial charge in [0.15, 0.2) is 0 Å². The van der Waals surface area contributed by atoms with Crippen LogP contribution in [-0.2, 0) is 19.1 Å². The highest BCUT2D eigenvalue weighted by molar-refractivity contribution is 5.94. The quantitative estimate of drug-likeness (QED) is 0.336. The van der Waals surface area contributed by atoms with Crippen molar-refractivity contribution in [3.63, 3.8) is 0 Å². The van der Waals surface area contributed by atoms with E-state index in [0.717, 1.165) is 19.3 Å². The third kappa shape index (κ3) is 9.53. The van der Waals surface area contributed by atoms with Crippen molar-refractivity contribution in [2.24, 2.45) is 5.73 Å². The molecule has 0 aliphatic rings. The molecule has 0 aliphatic carbocycles. The molecule has 1 rings (SSSR count). The molecular formula is C25H36N4O5. The van der Waals surface area contributed by atoms with E-state index < -0.39 is 47.9 Å². The van der Waals surface area contributed by atoms with Gasteiger partial charge in [-0.1, -0.05) is 37.8 Å². The molecule has 4 amide bonds. The van der Waals surface area contributed by atoms with Gasteiger partial charge in [-0.2, -0.15) is 0 Å². The minimum absolute atomic E-state index is 0.393. The Balaban J connectivity index is 3.21. The van der Waals surface area contributed by atoms with Gasteiger partial charge in [0.05, 0.1) is 6.42 Å². The van der Waals surface area contributed by atoms with Gasteiger partial charge in [0.1, 0.15) is 17.7 Å². The van der Waals surface area contributed by atoms with Gasteiger partial charge in [0.25, 0.3) is 0 Å². The number of rotatable bonds is 11. The summed E-state index contributed by atoms with van der Waals surface area (Å²) in [5.41, 5.74) is 5.65. The average molecular weight is 473 g/mol. The predicted octanol–water partition coefficient (Wildman–Crippen LogP) is 2.24. The fourth-order valence-electron chi connectivity index (χ4n) is 3.22. The second-order valence-corrected chi connectivity index (χ2v) is 8.99. The lowest BCUT2D eigenvalue weighted by atomic mass is 10.0. The van der Waals surface area contributed by atoms with Crippen molar-refractivity contribution in [1.82, 2.24) is 15.5 Å². The molecular weight excluding hydrogens is 436 g/mol. The molecule has 1 aromatic carbocycles. The Hall–Kier alpha value is -3.54. The molecule has 0 saturated carbocycles. The van der Waals surface area contributed by atoms with E-state index in [9.17, 15) is 19.2 Å². The lowest BCUT2D eigenvalue weighted by molar-refractivity contribution is -0.141. The zero-order chi connectivity index (χ0) is 25.9. The fraction of sp³-hybridized carbons (Fsp3) is 0.520. The molecule has 0 bridgehead atoms.